The highest BCUT2D eigenvalue weighted by Gasteiger charge is 2.32. The molecule has 2 rings (SSSR count). The summed E-state index contributed by atoms with van der Waals surface area (Å²) in [6.45, 7) is 0. The number of hydrogen-bond acceptors (Lipinski definition) is 4. The summed E-state index contributed by atoms with van der Waals surface area (Å²) in [4.78, 5) is 24.4. The number of fused-ring (bicyclic) bond motifs is 1. The summed E-state index contributed by atoms with van der Waals surface area (Å²) >= 11 is 0. The molecule has 1 unspecified atom stereocenters. The Hall–Kier alpha value is -2.35. The summed E-state index contributed by atoms with van der Waals surface area (Å²) in [5.41, 5.74) is 0.984. The van der Waals surface area contributed by atoms with Crippen LogP contribution >= 0.6 is 0 Å². The number of ether oxygens (including phenoxy) is 1. The molecule has 5 heteroatoms. The van der Waals surface area contributed by atoms with Gasteiger partial charge in [0.05, 0.1) is 12.5 Å². The van der Waals surface area contributed by atoms with Gasteiger partial charge in [-0.05, 0) is 6.07 Å². The van der Waals surface area contributed by atoms with E-state index in [-0.39, 0.29) is 6.42 Å². The zero-order valence-corrected chi connectivity index (χ0v) is 9.21. The van der Waals surface area contributed by atoms with Gasteiger partial charge in [-0.3, -0.25) is 4.79 Å². The third-order valence-electron chi connectivity index (χ3n) is 2.64. The van der Waals surface area contributed by atoms with Crippen molar-refractivity contribution in [1.82, 2.24) is 4.90 Å². The Bertz CT molecular complexity index is 519. The number of carbonyl (C=O) groups excluding carboxylic acids is 2. The smallest absolute Gasteiger partial charge is 0.417 e. The van der Waals surface area contributed by atoms with Crippen LogP contribution in [0, 0.1) is 11.3 Å². The predicted octanol–water partition coefficient (Wildman–Crippen LogP) is 1.86. The first-order valence-electron chi connectivity index (χ1n) is 5.09. The predicted molar refractivity (Wildman–Crippen MR) is 58.0 cm³/mol. The molecule has 86 valence electrons. The maximum absolute atomic E-state index is 11.9. The van der Waals surface area contributed by atoms with E-state index < -0.39 is 18.1 Å². The molecule has 0 aliphatic carbocycles. The van der Waals surface area contributed by atoms with Crippen LogP contribution in [-0.4, -0.2) is 23.9 Å². The minimum absolute atomic E-state index is 0.0316. The molecular formula is C12H10N2O3. The summed E-state index contributed by atoms with van der Waals surface area (Å²) in [5.74, 6) is -0.411. The number of cyclic esters (lactones) is 1. The molecule has 0 bridgehead atoms. The van der Waals surface area contributed by atoms with E-state index in [1.165, 1.54) is 7.05 Å². The van der Waals surface area contributed by atoms with E-state index in [4.69, 9.17) is 10.00 Å². The quantitative estimate of drug-likeness (QED) is 0.738. The average Bonchev–Trinajstić information content (AvgIpc) is 2.43. The third kappa shape index (κ3) is 1.85. The lowest BCUT2D eigenvalue weighted by Crippen LogP contribution is -2.31. The Morgan fingerprint density at radius 2 is 2.12 bits per heavy atom. The van der Waals surface area contributed by atoms with Crippen molar-refractivity contribution in [3.63, 3.8) is 0 Å². The van der Waals surface area contributed by atoms with Gasteiger partial charge in [-0.2, -0.15) is 5.26 Å². The van der Waals surface area contributed by atoms with Gasteiger partial charge in [-0.1, -0.05) is 18.2 Å². The molecule has 0 N–H and O–H groups in total. The monoisotopic (exact) mass is 230 g/mol. The summed E-state index contributed by atoms with van der Waals surface area (Å²) in [6.07, 6.45) is -1.38. The molecule has 0 fully saturated rings. The standard InChI is InChI=1S/C12H10N2O3/c1-14-11(15)9-5-3-2-4-8(9)10(6-7-13)17-12(14)16/h2-5,10H,6H2,1H3. The van der Waals surface area contributed by atoms with Crippen molar-refractivity contribution in [2.75, 3.05) is 7.05 Å². The van der Waals surface area contributed by atoms with Crippen molar-refractivity contribution in [3.05, 3.63) is 35.4 Å². The number of hydrogen-bond donors (Lipinski definition) is 0. The highest BCUT2D eigenvalue weighted by atomic mass is 16.6. The van der Waals surface area contributed by atoms with Crippen molar-refractivity contribution in [3.8, 4) is 6.07 Å². The minimum Gasteiger partial charge on any atom is -0.440 e. The highest BCUT2D eigenvalue weighted by molar-refractivity contribution is 6.04. The van der Waals surface area contributed by atoms with Gasteiger partial charge in [0, 0.05) is 18.2 Å². The van der Waals surface area contributed by atoms with Gasteiger partial charge >= 0.3 is 6.09 Å². The van der Waals surface area contributed by atoms with Gasteiger partial charge in [0.25, 0.3) is 5.91 Å². The van der Waals surface area contributed by atoms with Crippen molar-refractivity contribution in [2.45, 2.75) is 12.5 Å². The lowest BCUT2D eigenvalue weighted by atomic mass is 10.00. The van der Waals surface area contributed by atoms with E-state index >= 15 is 0 Å². The fourth-order valence-corrected chi connectivity index (χ4v) is 1.73. The molecule has 0 saturated carbocycles. The number of benzene rings is 1. The number of nitrogens with zero attached hydrogens (tertiary/aromatic N) is 2. The molecule has 0 aromatic heterocycles. The largest absolute Gasteiger partial charge is 0.440 e. The second-order valence-corrected chi connectivity index (χ2v) is 3.69. The van der Waals surface area contributed by atoms with E-state index in [9.17, 15) is 9.59 Å². The van der Waals surface area contributed by atoms with Crippen LogP contribution in [-0.2, 0) is 4.74 Å². The molecule has 1 aromatic rings. The number of imide groups is 1. The van der Waals surface area contributed by atoms with Crippen molar-refractivity contribution < 1.29 is 14.3 Å². The van der Waals surface area contributed by atoms with Gasteiger partial charge in [0.15, 0.2) is 0 Å². The second-order valence-electron chi connectivity index (χ2n) is 3.69. The fourth-order valence-electron chi connectivity index (χ4n) is 1.73. The van der Waals surface area contributed by atoms with Crippen molar-refractivity contribution in [1.29, 1.82) is 5.26 Å². The van der Waals surface area contributed by atoms with Crippen LogP contribution in [0.4, 0.5) is 4.79 Å². The summed E-state index contributed by atoms with van der Waals surface area (Å²) in [7, 11) is 1.36. The lowest BCUT2D eigenvalue weighted by molar-refractivity contribution is 0.0626. The molecule has 2 amide bonds. The van der Waals surface area contributed by atoms with E-state index in [0.29, 0.717) is 11.1 Å². The van der Waals surface area contributed by atoms with Gasteiger partial charge in [-0.25, -0.2) is 9.69 Å². The number of rotatable bonds is 1. The first-order chi connectivity index (χ1) is 8.15. The zero-order chi connectivity index (χ0) is 12.4. The topological polar surface area (TPSA) is 70.4 Å². The Morgan fingerprint density at radius 1 is 1.41 bits per heavy atom. The molecule has 1 atom stereocenters. The van der Waals surface area contributed by atoms with E-state index in [2.05, 4.69) is 0 Å². The Labute approximate surface area is 98.2 Å². The SMILES string of the molecule is CN1C(=O)OC(CC#N)c2ccccc2C1=O. The molecule has 0 saturated heterocycles. The van der Waals surface area contributed by atoms with Crippen LogP contribution in [0.2, 0.25) is 0 Å². The normalized spacial score (nSPS) is 19.1. The molecule has 1 heterocycles. The lowest BCUT2D eigenvalue weighted by Gasteiger charge is -2.14. The number of amides is 2. The number of carbonyl (C=O) groups is 2. The van der Waals surface area contributed by atoms with Crippen molar-refractivity contribution >= 4 is 12.0 Å². The molecule has 1 aliphatic rings. The first-order valence-corrected chi connectivity index (χ1v) is 5.09. The molecule has 0 radical (unpaired) electrons. The van der Waals surface area contributed by atoms with E-state index in [0.717, 1.165) is 4.90 Å². The van der Waals surface area contributed by atoms with Crippen LogP contribution in [0.1, 0.15) is 28.4 Å². The van der Waals surface area contributed by atoms with E-state index in [1.807, 2.05) is 6.07 Å². The Kier molecular flexibility index (Phi) is 2.79. The van der Waals surface area contributed by atoms with Gasteiger partial charge in [0.1, 0.15) is 6.10 Å². The number of nitriles is 1. The van der Waals surface area contributed by atoms with Crippen LogP contribution in [0.15, 0.2) is 24.3 Å². The summed E-state index contributed by atoms with van der Waals surface area (Å²) in [5, 5.41) is 8.71. The molecule has 5 nitrogen and oxygen atoms in total. The van der Waals surface area contributed by atoms with E-state index in [1.54, 1.807) is 24.3 Å². The Balaban J connectivity index is 2.54. The maximum Gasteiger partial charge on any atom is 0.417 e. The molecule has 1 aliphatic heterocycles. The molecular weight excluding hydrogens is 220 g/mol. The van der Waals surface area contributed by atoms with Gasteiger partial charge < -0.3 is 4.74 Å². The van der Waals surface area contributed by atoms with Gasteiger partial charge in [-0.15, -0.1) is 0 Å². The molecule has 17 heavy (non-hydrogen) atoms. The van der Waals surface area contributed by atoms with Crippen molar-refractivity contribution in [2.24, 2.45) is 0 Å². The zero-order valence-electron chi connectivity index (χ0n) is 9.21. The third-order valence-corrected chi connectivity index (χ3v) is 2.64. The molecule has 0 spiro atoms. The van der Waals surface area contributed by atoms with Crippen LogP contribution < -0.4 is 0 Å². The average molecular weight is 230 g/mol. The van der Waals surface area contributed by atoms with Gasteiger partial charge in [0.2, 0.25) is 0 Å². The first kappa shape index (κ1) is 11.1. The molecule has 1 aromatic carbocycles. The summed E-state index contributed by atoms with van der Waals surface area (Å²) < 4.78 is 5.10. The maximum atomic E-state index is 11.9. The van der Waals surface area contributed by atoms with Crippen LogP contribution in [0.25, 0.3) is 0 Å². The van der Waals surface area contributed by atoms with Crippen LogP contribution in [0.5, 0.6) is 0 Å². The summed E-state index contributed by atoms with van der Waals surface area (Å²) in [6, 6.07) is 8.73. The Morgan fingerprint density at radius 3 is 2.82 bits per heavy atom. The highest BCUT2D eigenvalue weighted by Crippen LogP contribution is 2.29. The second kappa shape index (κ2) is 4.26. The minimum atomic E-state index is -0.730. The fraction of sp³-hybridized carbons (Fsp3) is 0.250. The van der Waals surface area contributed by atoms with Crippen LogP contribution in [0.3, 0.4) is 0 Å².